The van der Waals surface area contributed by atoms with E-state index in [-0.39, 0.29) is 17.1 Å². The molecule has 0 bridgehead atoms. The van der Waals surface area contributed by atoms with Gasteiger partial charge in [0, 0.05) is 0 Å². The van der Waals surface area contributed by atoms with Crippen LogP contribution in [0.2, 0.25) is 0 Å². The molecule has 52 valence electrons. The molecule has 0 atom stereocenters. The van der Waals surface area contributed by atoms with Crippen LogP contribution in [-0.2, 0) is 0 Å². The molecule has 0 radical (unpaired) electrons. The summed E-state index contributed by atoms with van der Waals surface area (Å²) in [5, 5.41) is 26.2. The van der Waals surface area contributed by atoms with Gasteiger partial charge in [0.05, 0.1) is 11.6 Å². The molecule has 0 saturated heterocycles. The Kier molecular flexibility index (Phi) is 1.63. The number of aliphatic hydroxyl groups is 2. The Morgan fingerprint density at radius 2 is 2.20 bits per heavy atom. The van der Waals surface area contributed by atoms with E-state index in [1.807, 2.05) is 6.07 Å². The Morgan fingerprint density at radius 3 is 2.70 bits per heavy atom. The highest BCUT2D eigenvalue weighted by Crippen LogP contribution is 2.20. The van der Waals surface area contributed by atoms with Crippen molar-refractivity contribution in [1.29, 1.82) is 5.26 Å². The highest BCUT2D eigenvalue weighted by Gasteiger charge is 2.12. The van der Waals surface area contributed by atoms with E-state index in [4.69, 9.17) is 15.5 Å². The van der Waals surface area contributed by atoms with Crippen molar-refractivity contribution in [2.24, 2.45) is 0 Å². The molecule has 1 rings (SSSR count). The maximum atomic E-state index is 8.98. The van der Waals surface area contributed by atoms with Gasteiger partial charge in [-0.2, -0.15) is 5.26 Å². The molecule has 0 unspecified atom stereocenters. The van der Waals surface area contributed by atoms with Gasteiger partial charge in [-0.25, -0.2) is 0 Å². The predicted molar refractivity (Wildman–Crippen MR) is 35.2 cm³/mol. The van der Waals surface area contributed by atoms with Gasteiger partial charge in [0.2, 0.25) is 0 Å². The Hall–Kier alpha value is -1.43. The Labute approximate surface area is 58.5 Å². The average molecular weight is 137 g/mol. The van der Waals surface area contributed by atoms with Crippen molar-refractivity contribution < 1.29 is 10.2 Å². The fourth-order valence-electron chi connectivity index (χ4n) is 0.832. The summed E-state index contributed by atoms with van der Waals surface area (Å²) < 4.78 is 0. The van der Waals surface area contributed by atoms with Crippen LogP contribution >= 0.6 is 0 Å². The monoisotopic (exact) mass is 137 g/mol. The minimum Gasteiger partial charge on any atom is -0.504 e. The molecule has 0 aromatic rings. The molecule has 0 fully saturated rings. The van der Waals surface area contributed by atoms with Crippen LogP contribution in [0.4, 0.5) is 0 Å². The van der Waals surface area contributed by atoms with Crippen LogP contribution in [0.15, 0.2) is 23.2 Å². The maximum Gasteiger partial charge on any atom is 0.171 e. The van der Waals surface area contributed by atoms with E-state index in [0.717, 1.165) is 0 Å². The lowest BCUT2D eigenvalue weighted by Crippen LogP contribution is -1.98. The summed E-state index contributed by atoms with van der Waals surface area (Å²) in [5.74, 6) is -0.448. The smallest absolute Gasteiger partial charge is 0.171 e. The van der Waals surface area contributed by atoms with Crippen LogP contribution in [0.1, 0.15) is 12.8 Å². The predicted octanol–water partition coefficient (Wildman–Crippen LogP) is 1.56. The summed E-state index contributed by atoms with van der Waals surface area (Å²) in [6.07, 6.45) is 2.64. The SMILES string of the molecule is N#CC1=C(O)C(O)=CCC1. The van der Waals surface area contributed by atoms with Crippen molar-refractivity contribution >= 4 is 0 Å². The van der Waals surface area contributed by atoms with Crippen molar-refractivity contribution in [2.75, 3.05) is 0 Å². The third kappa shape index (κ3) is 0.960. The molecular formula is C7H7NO2. The van der Waals surface area contributed by atoms with Crippen LogP contribution in [-0.4, -0.2) is 10.2 Å². The first-order valence-corrected chi connectivity index (χ1v) is 2.97. The van der Waals surface area contributed by atoms with E-state index in [0.29, 0.717) is 12.8 Å². The fraction of sp³-hybridized carbons (Fsp3) is 0.286. The molecular weight excluding hydrogens is 130 g/mol. The first-order chi connectivity index (χ1) is 4.75. The molecule has 1 aliphatic carbocycles. The quantitative estimate of drug-likeness (QED) is 0.532. The first kappa shape index (κ1) is 6.69. The number of allylic oxidation sites excluding steroid dienone is 2. The summed E-state index contributed by atoms with van der Waals surface area (Å²) in [6.45, 7) is 0. The molecule has 0 saturated carbocycles. The molecule has 10 heavy (non-hydrogen) atoms. The van der Waals surface area contributed by atoms with Crippen LogP contribution in [0, 0.1) is 11.3 Å². The lowest BCUT2D eigenvalue weighted by Gasteiger charge is -2.06. The number of hydrogen-bond donors (Lipinski definition) is 2. The minimum absolute atomic E-state index is 0.178. The van der Waals surface area contributed by atoms with E-state index in [2.05, 4.69) is 0 Å². The van der Waals surface area contributed by atoms with Gasteiger partial charge in [-0.3, -0.25) is 0 Å². The maximum absolute atomic E-state index is 8.98. The van der Waals surface area contributed by atoms with Crippen LogP contribution in [0.3, 0.4) is 0 Å². The molecule has 2 N–H and O–H groups in total. The van der Waals surface area contributed by atoms with E-state index < -0.39 is 0 Å². The second kappa shape index (κ2) is 2.44. The van der Waals surface area contributed by atoms with Gasteiger partial charge in [0.15, 0.2) is 11.5 Å². The van der Waals surface area contributed by atoms with Gasteiger partial charge < -0.3 is 10.2 Å². The Balaban J connectivity index is 2.99. The Morgan fingerprint density at radius 1 is 1.50 bits per heavy atom. The molecule has 0 aromatic carbocycles. The van der Waals surface area contributed by atoms with Crippen molar-refractivity contribution in [3.63, 3.8) is 0 Å². The van der Waals surface area contributed by atoms with Gasteiger partial charge in [0.1, 0.15) is 0 Å². The standard InChI is InChI=1S/C7H7NO2/c8-4-5-2-1-3-6(9)7(5)10/h3,9-10H,1-2H2. The summed E-state index contributed by atoms with van der Waals surface area (Å²) in [6, 6.07) is 1.81. The molecule has 3 heteroatoms. The van der Waals surface area contributed by atoms with Crippen LogP contribution in [0.25, 0.3) is 0 Å². The van der Waals surface area contributed by atoms with E-state index in [1.165, 1.54) is 6.08 Å². The molecule has 0 spiro atoms. The van der Waals surface area contributed by atoms with Crippen molar-refractivity contribution in [3.05, 3.63) is 23.2 Å². The lowest BCUT2D eigenvalue weighted by molar-refractivity contribution is 0.316. The largest absolute Gasteiger partial charge is 0.504 e. The van der Waals surface area contributed by atoms with Gasteiger partial charge in [-0.05, 0) is 18.9 Å². The number of nitrogens with zero attached hydrogens (tertiary/aromatic N) is 1. The van der Waals surface area contributed by atoms with Crippen molar-refractivity contribution in [2.45, 2.75) is 12.8 Å². The van der Waals surface area contributed by atoms with E-state index >= 15 is 0 Å². The van der Waals surface area contributed by atoms with Crippen LogP contribution in [0.5, 0.6) is 0 Å². The third-order valence-electron chi connectivity index (χ3n) is 1.40. The average Bonchev–Trinajstić information content (AvgIpc) is 1.95. The van der Waals surface area contributed by atoms with Gasteiger partial charge >= 0.3 is 0 Å². The zero-order chi connectivity index (χ0) is 7.56. The summed E-state index contributed by atoms with van der Waals surface area (Å²) in [7, 11) is 0. The van der Waals surface area contributed by atoms with Gasteiger partial charge in [-0.15, -0.1) is 0 Å². The van der Waals surface area contributed by atoms with Gasteiger partial charge in [-0.1, -0.05) is 0 Å². The van der Waals surface area contributed by atoms with Crippen LogP contribution < -0.4 is 0 Å². The summed E-state index contributed by atoms with van der Waals surface area (Å²) >= 11 is 0. The zero-order valence-corrected chi connectivity index (χ0v) is 5.33. The molecule has 0 aliphatic heterocycles. The minimum atomic E-state index is -0.270. The van der Waals surface area contributed by atoms with Crippen molar-refractivity contribution in [1.82, 2.24) is 0 Å². The number of rotatable bonds is 0. The molecule has 3 nitrogen and oxygen atoms in total. The highest BCUT2D eigenvalue weighted by atomic mass is 16.3. The second-order valence-electron chi connectivity index (χ2n) is 2.07. The lowest BCUT2D eigenvalue weighted by atomic mass is 10.0. The molecule has 1 aliphatic rings. The van der Waals surface area contributed by atoms with E-state index in [9.17, 15) is 0 Å². The number of nitriles is 1. The normalized spacial score (nSPS) is 18.1. The topological polar surface area (TPSA) is 64.2 Å². The molecule has 0 heterocycles. The van der Waals surface area contributed by atoms with E-state index in [1.54, 1.807) is 0 Å². The zero-order valence-electron chi connectivity index (χ0n) is 5.33. The fourth-order valence-corrected chi connectivity index (χ4v) is 0.832. The summed E-state index contributed by atoms with van der Waals surface area (Å²) in [5.41, 5.74) is 0.264. The second-order valence-corrected chi connectivity index (χ2v) is 2.07. The first-order valence-electron chi connectivity index (χ1n) is 2.97. The number of hydrogen-bond acceptors (Lipinski definition) is 3. The third-order valence-corrected chi connectivity index (χ3v) is 1.40. The summed E-state index contributed by atoms with van der Waals surface area (Å²) in [4.78, 5) is 0. The number of aliphatic hydroxyl groups excluding tert-OH is 2. The molecule has 0 aromatic heterocycles. The van der Waals surface area contributed by atoms with Crippen molar-refractivity contribution in [3.8, 4) is 6.07 Å². The van der Waals surface area contributed by atoms with Gasteiger partial charge in [0.25, 0.3) is 0 Å². The highest BCUT2D eigenvalue weighted by molar-refractivity contribution is 5.36. The Bertz CT molecular complexity index is 245. The molecule has 0 amide bonds.